The molecule has 2 rings (SSSR count). The number of hydrogen-bond acceptors (Lipinski definition) is 2. The maximum atomic E-state index is 4.74. The predicted molar refractivity (Wildman–Crippen MR) is 89.2 cm³/mol. The first-order valence-corrected chi connectivity index (χ1v) is 8.70. The van der Waals surface area contributed by atoms with E-state index in [4.69, 9.17) is 4.98 Å². The Morgan fingerprint density at radius 2 is 1.74 bits per heavy atom. The normalized spacial score (nSPS) is 13.9. The van der Waals surface area contributed by atoms with Crippen LogP contribution in [0.3, 0.4) is 0 Å². The van der Waals surface area contributed by atoms with Crippen molar-refractivity contribution in [2.45, 2.75) is 38.9 Å². The Bertz CT molecular complexity index is 491. The van der Waals surface area contributed by atoms with Gasteiger partial charge in [-0.05, 0) is 29.9 Å². The number of rotatable bonds is 5. The highest BCUT2D eigenvalue weighted by atomic mass is 79.9. The third kappa shape index (κ3) is 3.57. The molecule has 0 radical (unpaired) electrons. The van der Waals surface area contributed by atoms with E-state index in [1.54, 1.807) is 0 Å². The van der Waals surface area contributed by atoms with E-state index in [0.717, 1.165) is 11.9 Å². The lowest BCUT2D eigenvalue weighted by Gasteiger charge is -2.29. The fraction of sp³-hybridized carbons (Fsp3) is 0.562. The number of alkyl halides is 1. The van der Waals surface area contributed by atoms with Gasteiger partial charge in [0.15, 0.2) is 0 Å². The molecule has 1 unspecified atom stereocenters. The number of aromatic nitrogens is 1. The van der Waals surface area contributed by atoms with Crippen molar-refractivity contribution >= 4 is 37.5 Å². The van der Waals surface area contributed by atoms with E-state index in [-0.39, 0.29) is 0 Å². The quantitative estimate of drug-likeness (QED) is 0.652. The minimum atomic E-state index is 0.507. The number of benzene rings is 1. The van der Waals surface area contributed by atoms with Gasteiger partial charge in [-0.25, -0.2) is 4.98 Å². The fourth-order valence-corrected chi connectivity index (χ4v) is 5.68. The molecule has 2 aromatic rings. The van der Waals surface area contributed by atoms with Gasteiger partial charge in [-0.3, -0.25) is 0 Å². The molecule has 1 aromatic carbocycles. The summed E-state index contributed by atoms with van der Waals surface area (Å²) >= 11 is 5.73. The Balaban J connectivity index is 2.15. The third-order valence-electron chi connectivity index (χ3n) is 3.67. The highest BCUT2D eigenvalue weighted by Crippen LogP contribution is 2.33. The largest absolute Gasteiger partial charge is 0.241 e. The first-order valence-electron chi connectivity index (χ1n) is 6.97. The highest BCUT2D eigenvalue weighted by molar-refractivity contribution is 9.09. The smallest absolute Gasteiger partial charge is 0.0949 e. The predicted octanol–water partition coefficient (Wildman–Crippen LogP) is 5.53. The Kier molecular flexibility index (Phi) is 5.02. The van der Waals surface area contributed by atoms with Crippen molar-refractivity contribution in [1.82, 2.24) is 4.98 Å². The Morgan fingerprint density at radius 3 is 2.32 bits per heavy atom. The zero-order valence-electron chi connectivity index (χ0n) is 12.1. The van der Waals surface area contributed by atoms with E-state index >= 15 is 0 Å². The lowest BCUT2D eigenvalue weighted by Crippen LogP contribution is -2.27. The van der Waals surface area contributed by atoms with Gasteiger partial charge < -0.3 is 0 Å². The van der Waals surface area contributed by atoms with E-state index in [2.05, 4.69) is 67.9 Å². The van der Waals surface area contributed by atoms with Gasteiger partial charge in [-0.2, -0.15) is 0 Å². The topological polar surface area (TPSA) is 12.9 Å². The second-order valence-electron chi connectivity index (χ2n) is 5.86. The van der Waals surface area contributed by atoms with Gasteiger partial charge in [0, 0.05) is 11.2 Å². The molecule has 0 bridgehead atoms. The van der Waals surface area contributed by atoms with Crippen molar-refractivity contribution in [2.24, 2.45) is 17.8 Å². The van der Waals surface area contributed by atoms with E-state index in [1.165, 1.54) is 9.71 Å². The molecule has 0 saturated heterocycles. The molecular weight excluding hydrogens is 318 g/mol. The Morgan fingerprint density at radius 1 is 1.11 bits per heavy atom. The summed E-state index contributed by atoms with van der Waals surface area (Å²) in [6.07, 6.45) is 1.03. The van der Waals surface area contributed by atoms with Gasteiger partial charge in [-0.15, -0.1) is 11.3 Å². The Hall–Kier alpha value is -0.410. The van der Waals surface area contributed by atoms with Gasteiger partial charge in [0.05, 0.1) is 15.2 Å². The molecule has 0 N–H and O–H groups in total. The van der Waals surface area contributed by atoms with Crippen LogP contribution in [0.1, 0.15) is 32.7 Å². The summed E-state index contributed by atoms with van der Waals surface area (Å²) in [5.41, 5.74) is 1.13. The standard InChI is InChI=1S/C16H22BrNS/c1-10(2)16(11(3)4)12(17)9-15-18-13-7-5-6-8-14(13)19-15/h5-8,10-12,16H,9H2,1-4H3. The number of para-hydroxylation sites is 1. The molecule has 0 aliphatic carbocycles. The van der Waals surface area contributed by atoms with Gasteiger partial charge in [0.1, 0.15) is 0 Å². The molecule has 3 heteroatoms. The van der Waals surface area contributed by atoms with Gasteiger partial charge in [-0.1, -0.05) is 55.8 Å². The van der Waals surface area contributed by atoms with Crippen LogP contribution in [0, 0.1) is 17.8 Å². The number of hydrogen-bond donors (Lipinski definition) is 0. The molecule has 0 fully saturated rings. The summed E-state index contributed by atoms with van der Waals surface area (Å²) in [5.74, 6) is 2.07. The zero-order valence-corrected chi connectivity index (χ0v) is 14.5. The van der Waals surface area contributed by atoms with Crippen LogP contribution in [0.4, 0.5) is 0 Å². The van der Waals surface area contributed by atoms with Crippen LogP contribution < -0.4 is 0 Å². The van der Waals surface area contributed by atoms with E-state index in [9.17, 15) is 0 Å². The second-order valence-corrected chi connectivity index (χ2v) is 8.15. The van der Waals surface area contributed by atoms with Crippen molar-refractivity contribution in [1.29, 1.82) is 0 Å². The average Bonchev–Trinajstić information content (AvgIpc) is 2.69. The van der Waals surface area contributed by atoms with E-state index in [0.29, 0.717) is 22.6 Å². The molecule has 0 aliphatic heterocycles. The van der Waals surface area contributed by atoms with Crippen molar-refractivity contribution < 1.29 is 0 Å². The molecule has 0 aliphatic rings. The molecule has 1 aromatic heterocycles. The summed E-state index contributed by atoms with van der Waals surface area (Å²) in [6.45, 7) is 9.27. The maximum absolute atomic E-state index is 4.74. The maximum Gasteiger partial charge on any atom is 0.0949 e. The lowest BCUT2D eigenvalue weighted by atomic mass is 9.82. The molecule has 104 valence electrons. The SMILES string of the molecule is CC(C)C(C(C)C)C(Br)Cc1nc2ccccc2s1. The summed E-state index contributed by atoms with van der Waals surface area (Å²) in [6, 6.07) is 8.40. The van der Waals surface area contributed by atoms with Crippen molar-refractivity contribution in [3.8, 4) is 0 Å². The van der Waals surface area contributed by atoms with Crippen LogP contribution in [-0.2, 0) is 6.42 Å². The monoisotopic (exact) mass is 339 g/mol. The molecule has 1 atom stereocenters. The van der Waals surface area contributed by atoms with Crippen LogP contribution >= 0.6 is 27.3 Å². The van der Waals surface area contributed by atoms with Gasteiger partial charge >= 0.3 is 0 Å². The van der Waals surface area contributed by atoms with E-state index in [1.807, 2.05) is 11.3 Å². The van der Waals surface area contributed by atoms with Crippen molar-refractivity contribution in [3.63, 3.8) is 0 Å². The van der Waals surface area contributed by atoms with Crippen molar-refractivity contribution in [2.75, 3.05) is 0 Å². The Labute approximate surface area is 128 Å². The summed E-state index contributed by atoms with van der Waals surface area (Å²) in [5, 5.41) is 1.24. The number of nitrogens with zero attached hydrogens (tertiary/aromatic N) is 1. The second kappa shape index (κ2) is 6.36. The number of halogens is 1. The van der Waals surface area contributed by atoms with Crippen LogP contribution in [-0.4, -0.2) is 9.81 Å². The van der Waals surface area contributed by atoms with Crippen molar-refractivity contribution in [3.05, 3.63) is 29.3 Å². The molecule has 0 saturated carbocycles. The molecule has 1 heterocycles. The number of thiazole rings is 1. The molecule has 1 nitrogen and oxygen atoms in total. The third-order valence-corrected chi connectivity index (χ3v) is 5.66. The molecule has 19 heavy (non-hydrogen) atoms. The molecule has 0 amide bonds. The summed E-state index contributed by atoms with van der Waals surface area (Å²) < 4.78 is 1.29. The fourth-order valence-electron chi connectivity index (χ4n) is 2.92. The minimum Gasteiger partial charge on any atom is -0.241 e. The highest BCUT2D eigenvalue weighted by Gasteiger charge is 2.26. The van der Waals surface area contributed by atoms with E-state index < -0.39 is 0 Å². The van der Waals surface area contributed by atoms with Gasteiger partial charge in [0.2, 0.25) is 0 Å². The lowest BCUT2D eigenvalue weighted by molar-refractivity contribution is 0.281. The molecule has 0 spiro atoms. The number of fused-ring (bicyclic) bond motifs is 1. The molecular formula is C16H22BrNS. The first kappa shape index (κ1) is 15.0. The zero-order chi connectivity index (χ0) is 14.0. The van der Waals surface area contributed by atoms with Gasteiger partial charge in [0.25, 0.3) is 0 Å². The minimum absolute atomic E-state index is 0.507. The summed E-state index contributed by atoms with van der Waals surface area (Å²) in [7, 11) is 0. The van der Waals surface area contributed by atoms with Crippen LogP contribution in [0.15, 0.2) is 24.3 Å². The van der Waals surface area contributed by atoms with Crippen LogP contribution in [0.2, 0.25) is 0 Å². The summed E-state index contributed by atoms with van der Waals surface area (Å²) in [4.78, 5) is 5.25. The average molecular weight is 340 g/mol. The van der Waals surface area contributed by atoms with Crippen LogP contribution in [0.5, 0.6) is 0 Å². The first-order chi connectivity index (χ1) is 8.99. The van der Waals surface area contributed by atoms with Crippen LogP contribution in [0.25, 0.3) is 10.2 Å².